The zero-order chi connectivity index (χ0) is 29.2. The second-order valence-electron chi connectivity index (χ2n) is 9.65. The fraction of sp³-hybridized carbons (Fsp3) is 0.556. The number of nitrogens with zero attached hydrogens (tertiary/aromatic N) is 5. The Morgan fingerprint density at radius 3 is 2.36 bits per heavy atom. The summed E-state index contributed by atoms with van der Waals surface area (Å²) in [6.45, 7) is 9.73. The Morgan fingerprint density at radius 2 is 1.79 bits per heavy atom. The van der Waals surface area contributed by atoms with E-state index < -0.39 is 21.5 Å². The minimum Gasteiger partial charge on any atom is -0.493 e. The van der Waals surface area contributed by atoms with Crippen LogP contribution >= 0.6 is 0 Å². The van der Waals surface area contributed by atoms with Gasteiger partial charge in [-0.15, -0.1) is 5.11 Å². The third-order valence-corrected chi connectivity index (χ3v) is 8.48. The van der Waals surface area contributed by atoms with Crippen LogP contribution in [0.3, 0.4) is 0 Å². The first-order valence-electron chi connectivity index (χ1n) is 13.1. The molecule has 39 heavy (non-hydrogen) atoms. The number of sulfonamides is 1. The van der Waals surface area contributed by atoms with E-state index >= 15 is 0 Å². The molecule has 11 nitrogen and oxygen atoms in total. The predicted octanol–water partition coefficient (Wildman–Crippen LogP) is 4.38. The molecule has 0 spiro atoms. The normalized spacial score (nSPS) is 12.9. The molecule has 0 aliphatic carbocycles. The first-order chi connectivity index (χ1) is 18.5. The van der Waals surface area contributed by atoms with E-state index in [-0.39, 0.29) is 54.1 Å². The van der Waals surface area contributed by atoms with Gasteiger partial charge in [-0.2, -0.15) is 14.7 Å². The average molecular weight is 562 g/mol. The number of aromatic hydroxyl groups is 1. The van der Waals surface area contributed by atoms with Gasteiger partial charge in [-0.05, 0) is 50.5 Å². The van der Waals surface area contributed by atoms with E-state index in [0.717, 1.165) is 23.8 Å². The summed E-state index contributed by atoms with van der Waals surface area (Å²) in [5.41, 5.74) is -0.443. The molecule has 1 atom stereocenters. The van der Waals surface area contributed by atoms with Crippen LogP contribution in [-0.4, -0.2) is 59.9 Å². The van der Waals surface area contributed by atoms with Gasteiger partial charge in [-0.3, -0.25) is 9.36 Å². The molecule has 1 aromatic carbocycles. The molecular weight excluding hydrogens is 522 g/mol. The molecule has 0 radical (unpaired) electrons. The number of hydrogen-bond acceptors (Lipinski definition) is 9. The third-order valence-electron chi connectivity index (χ3n) is 6.38. The van der Waals surface area contributed by atoms with Crippen LogP contribution in [-0.2, 0) is 21.3 Å². The number of aromatic nitrogens is 1. The number of aliphatic hydroxyl groups is 1. The standard InChI is InChI=1S/C27H39N5O6S/c1-6-32(20(4)9-7-8-19(2)3)39(36,37)23-12-10-22(11-13-23)29-30-25-21(5)24(18-28)26(34)31(27(25)35)14-16-38-17-15-33/h10-13,19-20,33,35H,6-9,14-17H2,1-5H3/b30-29+. The lowest BCUT2D eigenvalue weighted by molar-refractivity contribution is 0.0854. The minimum atomic E-state index is -3.71. The monoisotopic (exact) mass is 561 g/mol. The highest BCUT2D eigenvalue weighted by Crippen LogP contribution is 2.32. The Bertz CT molecular complexity index is 1330. The number of hydrogen-bond donors (Lipinski definition) is 2. The van der Waals surface area contributed by atoms with Crippen molar-refractivity contribution in [3.63, 3.8) is 0 Å². The molecule has 2 aromatic rings. The zero-order valence-electron chi connectivity index (χ0n) is 23.3. The molecule has 2 N–H and O–H groups in total. The van der Waals surface area contributed by atoms with E-state index in [2.05, 4.69) is 24.1 Å². The summed E-state index contributed by atoms with van der Waals surface area (Å²) in [5, 5.41) is 37.2. The lowest BCUT2D eigenvalue weighted by Gasteiger charge is -2.27. The number of benzene rings is 1. The third kappa shape index (κ3) is 8.19. The van der Waals surface area contributed by atoms with Crippen molar-refractivity contribution in [2.45, 2.75) is 71.4 Å². The van der Waals surface area contributed by atoms with Gasteiger partial charge >= 0.3 is 0 Å². The van der Waals surface area contributed by atoms with Crippen molar-refractivity contribution in [1.82, 2.24) is 8.87 Å². The Balaban J connectivity index is 2.30. The summed E-state index contributed by atoms with van der Waals surface area (Å²) in [6, 6.07) is 7.63. The van der Waals surface area contributed by atoms with E-state index in [0.29, 0.717) is 18.2 Å². The van der Waals surface area contributed by atoms with Crippen molar-refractivity contribution in [2.75, 3.05) is 26.4 Å². The van der Waals surface area contributed by atoms with Crippen LogP contribution in [0.2, 0.25) is 0 Å². The van der Waals surface area contributed by atoms with Gasteiger partial charge in [0.05, 0.1) is 36.9 Å². The maximum atomic E-state index is 13.3. The molecular formula is C27H39N5O6S. The zero-order valence-corrected chi connectivity index (χ0v) is 24.1. The SMILES string of the molecule is CCN(C(C)CCCC(C)C)S(=O)(=O)c1ccc(/N=N/c2c(C)c(C#N)c(=O)n(CCOCCO)c2O)cc1. The van der Waals surface area contributed by atoms with Crippen LogP contribution < -0.4 is 5.56 Å². The fourth-order valence-corrected chi connectivity index (χ4v) is 5.87. The van der Waals surface area contributed by atoms with Gasteiger partial charge in [-0.1, -0.05) is 33.6 Å². The molecule has 0 saturated carbocycles. The molecule has 0 amide bonds. The molecule has 12 heteroatoms. The van der Waals surface area contributed by atoms with Crippen molar-refractivity contribution in [2.24, 2.45) is 16.1 Å². The molecule has 1 unspecified atom stereocenters. The summed E-state index contributed by atoms with van der Waals surface area (Å²) in [6.07, 6.45) is 2.77. The fourth-order valence-electron chi connectivity index (χ4n) is 4.20. The smallest absolute Gasteiger partial charge is 0.271 e. The van der Waals surface area contributed by atoms with Crippen molar-refractivity contribution in [1.29, 1.82) is 5.26 Å². The number of azo groups is 1. The van der Waals surface area contributed by atoms with Crippen molar-refractivity contribution in [3.05, 3.63) is 45.7 Å². The van der Waals surface area contributed by atoms with Crippen LogP contribution in [0.15, 0.2) is 44.2 Å². The Morgan fingerprint density at radius 1 is 1.13 bits per heavy atom. The van der Waals surface area contributed by atoms with Crippen LogP contribution in [0.5, 0.6) is 5.88 Å². The molecule has 0 saturated heterocycles. The molecule has 0 bridgehead atoms. The number of rotatable bonds is 15. The van der Waals surface area contributed by atoms with Crippen LogP contribution in [0.25, 0.3) is 0 Å². The largest absolute Gasteiger partial charge is 0.493 e. The lowest BCUT2D eigenvalue weighted by Crippen LogP contribution is -2.38. The quantitative estimate of drug-likeness (QED) is 0.241. The molecule has 0 aliphatic rings. The maximum Gasteiger partial charge on any atom is 0.271 e. The van der Waals surface area contributed by atoms with Gasteiger partial charge in [0, 0.05) is 18.2 Å². The van der Waals surface area contributed by atoms with E-state index in [1.807, 2.05) is 19.9 Å². The molecule has 0 fully saturated rings. The lowest BCUT2D eigenvalue weighted by atomic mass is 10.0. The molecule has 214 valence electrons. The van der Waals surface area contributed by atoms with Crippen molar-refractivity contribution < 1.29 is 23.4 Å². The Kier molecular flexibility index (Phi) is 12.3. The van der Waals surface area contributed by atoms with Crippen LogP contribution in [0, 0.1) is 24.2 Å². The summed E-state index contributed by atoms with van der Waals surface area (Å²) >= 11 is 0. The Hall–Kier alpha value is -3.11. The highest BCUT2D eigenvalue weighted by Gasteiger charge is 2.27. The van der Waals surface area contributed by atoms with Gasteiger partial charge < -0.3 is 14.9 Å². The number of nitriles is 1. The van der Waals surface area contributed by atoms with Gasteiger partial charge in [0.2, 0.25) is 15.9 Å². The van der Waals surface area contributed by atoms with Gasteiger partial charge in [0.25, 0.3) is 5.56 Å². The summed E-state index contributed by atoms with van der Waals surface area (Å²) in [7, 11) is -3.71. The van der Waals surface area contributed by atoms with Gasteiger partial charge in [0.15, 0.2) is 5.69 Å². The summed E-state index contributed by atoms with van der Waals surface area (Å²) < 4.78 is 34.2. The molecule has 0 aliphatic heterocycles. The minimum absolute atomic E-state index is 0.0274. The van der Waals surface area contributed by atoms with Gasteiger partial charge in [-0.25, -0.2) is 8.42 Å². The van der Waals surface area contributed by atoms with Crippen LogP contribution in [0.1, 0.15) is 58.1 Å². The van der Waals surface area contributed by atoms with Crippen molar-refractivity contribution >= 4 is 21.4 Å². The first-order valence-corrected chi connectivity index (χ1v) is 14.5. The second kappa shape index (κ2) is 14.9. The van der Waals surface area contributed by atoms with Gasteiger partial charge in [0.1, 0.15) is 11.6 Å². The summed E-state index contributed by atoms with van der Waals surface area (Å²) in [5.74, 6) is 0.0918. The van der Waals surface area contributed by atoms with Crippen LogP contribution in [0.4, 0.5) is 11.4 Å². The number of ether oxygens (including phenoxy) is 1. The maximum absolute atomic E-state index is 13.3. The Labute approximate surface area is 230 Å². The summed E-state index contributed by atoms with van der Waals surface area (Å²) in [4.78, 5) is 12.8. The van der Waals surface area contributed by atoms with E-state index in [1.54, 1.807) is 0 Å². The molecule has 1 heterocycles. The number of aliphatic hydroxyl groups excluding tert-OH is 1. The highest BCUT2D eigenvalue weighted by atomic mass is 32.2. The van der Waals surface area contributed by atoms with Crippen molar-refractivity contribution in [3.8, 4) is 11.9 Å². The molecule has 2 rings (SSSR count). The average Bonchev–Trinajstić information content (AvgIpc) is 2.88. The second-order valence-corrected chi connectivity index (χ2v) is 11.5. The number of pyridine rings is 1. The topological polar surface area (TPSA) is 158 Å². The van der Waals surface area contributed by atoms with E-state index in [1.165, 1.54) is 35.5 Å². The highest BCUT2D eigenvalue weighted by molar-refractivity contribution is 7.89. The molecule has 1 aromatic heterocycles. The predicted molar refractivity (Wildman–Crippen MR) is 148 cm³/mol. The van der Waals surface area contributed by atoms with E-state index in [4.69, 9.17) is 9.84 Å². The first kappa shape index (κ1) is 32.1. The van der Waals surface area contributed by atoms with E-state index in [9.17, 15) is 23.6 Å².